The summed E-state index contributed by atoms with van der Waals surface area (Å²) in [5.74, 6) is 1.03. The van der Waals surface area contributed by atoms with Crippen LogP contribution in [0, 0.1) is 5.41 Å². The monoisotopic (exact) mass is 381 g/mol. The van der Waals surface area contributed by atoms with E-state index in [0.29, 0.717) is 6.42 Å². The van der Waals surface area contributed by atoms with Crippen LogP contribution in [0.4, 0.5) is 0 Å². The molecule has 27 heavy (non-hydrogen) atoms. The summed E-state index contributed by atoms with van der Waals surface area (Å²) < 4.78 is 14.6. The normalized spacial score (nSPS) is 11.7. The predicted octanol–water partition coefficient (Wildman–Crippen LogP) is 4.09. The highest BCUT2D eigenvalue weighted by Gasteiger charge is 2.20. The smallest absolute Gasteiger partial charge is 0.376 e. The van der Waals surface area contributed by atoms with E-state index in [9.17, 15) is 4.57 Å². The van der Waals surface area contributed by atoms with E-state index in [-0.39, 0.29) is 5.84 Å². The summed E-state index contributed by atoms with van der Waals surface area (Å²) in [5, 5.41) is 8.37. The van der Waals surface area contributed by atoms with E-state index < -0.39 is 7.80 Å². The summed E-state index contributed by atoms with van der Waals surface area (Å²) in [4.78, 5) is 4.77. The molecule has 3 rings (SSSR count). The second-order valence-corrected chi connectivity index (χ2v) is 8.58. The third-order valence-corrected chi connectivity index (χ3v) is 6.41. The largest absolute Gasteiger partial charge is 0.384 e. The Balaban J connectivity index is 1.81. The van der Waals surface area contributed by atoms with Gasteiger partial charge in [0.15, 0.2) is 11.5 Å². The number of hydrogen-bond donors (Lipinski definition) is 2. The Morgan fingerprint density at radius 3 is 2.59 bits per heavy atom. The molecule has 0 aliphatic rings. The van der Waals surface area contributed by atoms with Crippen molar-refractivity contribution in [2.45, 2.75) is 32.6 Å². The van der Waals surface area contributed by atoms with Crippen LogP contribution in [0.5, 0.6) is 0 Å². The van der Waals surface area contributed by atoms with Gasteiger partial charge in [-0.2, -0.15) is 0 Å². The van der Waals surface area contributed by atoms with Gasteiger partial charge in [-0.1, -0.05) is 42.2 Å². The molecule has 3 aromatic rings. The van der Waals surface area contributed by atoms with Crippen molar-refractivity contribution < 1.29 is 4.57 Å². The first-order valence-corrected chi connectivity index (χ1v) is 10.8. The number of unbranched alkanes of at least 4 members (excludes halogenated alkanes) is 2. The highest BCUT2D eigenvalue weighted by molar-refractivity contribution is 7.53. The maximum absolute atomic E-state index is 12.5. The quantitative estimate of drug-likeness (QED) is 0.267. The molecule has 0 radical (unpaired) electrons. The maximum Gasteiger partial charge on any atom is 0.376 e. The molecule has 6 heteroatoms. The van der Waals surface area contributed by atoms with Gasteiger partial charge >= 0.3 is 7.80 Å². The molecule has 0 saturated carbocycles. The number of imidazole rings is 1. The van der Waals surface area contributed by atoms with Gasteiger partial charge in [-0.25, -0.2) is 4.98 Å². The summed E-state index contributed by atoms with van der Waals surface area (Å²) in [6.45, 7) is 2.15. The number of aromatic nitrogens is 2. The van der Waals surface area contributed by atoms with Gasteiger partial charge in [0.1, 0.15) is 11.7 Å². The molecule has 0 aliphatic carbocycles. The minimum absolute atomic E-state index is 0.0739. The third-order valence-electron chi connectivity index (χ3n) is 4.84. The van der Waals surface area contributed by atoms with E-state index in [1.165, 1.54) is 0 Å². The number of fused-ring (bicyclic) bond motifs is 1. The molecular weight excluding hydrogens is 355 g/mol. The van der Waals surface area contributed by atoms with Crippen molar-refractivity contribution in [3.63, 3.8) is 0 Å². The van der Waals surface area contributed by atoms with Crippen LogP contribution in [-0.2, 0) is 18.0 Å². The molecule has 0 amide bonds. The first-order valence-electron chi connectivity index (χ1n) is 9.33. The number of nitrogens with one attached hydrogen (secondary N) is 1. The van der Waals surface area contributed by atoms with Gasteiger partial charge in [-0.3, -0.25) is 5.41 Å². The molecule has 0 fully saturated rings. The Kier molecular flexibility index (Phi) is 6.02. The molecule has 0 aliphatic heterocycles. The molecule has 0 bridgehead atoms. The predicted molar refractivity (Wildman–Crippen MR) is 113 cm³/mol. The van der Waals surface area contributed by atoms with Gasteiger partial charge in [0.25, 0.3) is 0 Å². The van der Waals surface area contributed by atoms with Gasteiger partial charge < -0.3 is 10.3 Å². The third kappa shape index (κ3) is 4.42. The fraction of sp³-hybridized carbons (Fsp3) is 0.333. The Labute approximate surface area is 160 Å². The van der Waals surface area contributed by atoms with Gasteiger partial charge in [0.05, 0.1) is 11.0 Å². The molecule has 1 unspecified atom stereocenters. The molecule has 1 aromatic heterocycles. The van der Waals surface area contributed by atoms with Crippen molar-refractivity contribution in [1.29, 1.82) is 5.41 Å². The number of hydrogen-bond acceptors (Lipinski definition) is 3. The number of nitrogens with two attached hydrogens (primary N) is 1. The average Bonchev–Trinajstić information content (AvgIpc) is 2.97. The van der Waals surface area contributed by atoms with Crippen molar-refractivity contribution >= 4 is 30.0 Å². The van der Waals surface area contributed by atoms with E-state index in [0.717, 1.165) is 58.7 Å². The van der Waals surface area contributed by atoms with Crippen LogP contribution in [0.3, 0.4) is 0 Å². The number of rotatable bonds is 8. The summed E-state index contributed by atoms with van der Waals surface area (Å²) >= 11 is 0. The minimum Gasteiger partial charge on any atom is -0.384 e. The minimum atomic E-state index is -1.35. The van der Waals surface area contributed by atoms with Crippen molar-refractivity contribution in [3.05, 3.63) is 59.4 Å². The summed E-state index contributed by atoms with van der Waals surface area (Å²) in [7, 11) is 0.659. The van der Waals surface area contributed by atoms with Gasteiger partial charge in [-0.05, 0) is 30.5 Å². The summed E-state index contributed by atoms with van der Waals surface area (Å²) in [6, 6.07) is 13.6. The average molecular weight is 381 g/mol. The lowest BCUT2D eigenvalue weighted by atomic mass is 10.1. The molecule has 2 aromatic carbocycles. The van der Waals surface area contributed by atoms with Crippen LogP contribution in [-0.4, -0.2) is 21.5 Å². The number of aryl methyl sites for hydroxylation is 1. The number of amidine groups is 1. The fourth-order valence-electron chi connectivity index (χ4n) is 3.17. The zero-order chi connectivity index (χ0) is 19.4. The van der Waals surface area contributed by atoms with E-state index in [1.54, 1.807) is 0 Å². The van der Waals surface area contributed by atoms with Crippen molar-refractivity contribution in [2.24, 2.45) is 12.8 Å². The lowest BCUT2D eigenvalue weighted by molar-refractivity contribution is 0.590. The molecule has 0 spiro atoms. The number of nitrogens with zero attached hydrogens (tertiary/aromatic N) is 2. The van der Waals surface area contributed by atoms with E-state index in [2.05, 4.69) is 11.5 Å². The Morgan fingerprint density at radius 2 is 1.93 bits per heavy atom. The Bertz CT molecular complexity index is 976. The molecular formula is C21H26N4OP+. The lowest BCUT2D eigenvalue weighted by Gasteiger charge is -2.04. The highest BCUT2D eigenvalue weighted by atomic mass is 31.1. The highest BCUT2D eigenvalue weighted by Crippen LogP contribution is 2.25. The molecule has 3 N–H and O–H groups in total. The summed E-state index contributed by atoms with van der Waals surface area (Å²) in [6.07, 6.45) is 4.71. The van der Waals surface area contributed by atoms with Crippen LogP contribution >= 0.6 is 7.80 Å². The number of benzene rings is 2. The van der Waals surface area contributed by atoms with Gasteiger partial charge in [-0.15, -0.1) is 0 Å². The first-order chi connectivity index (χ1) is 13.0. The van der Waals surface area contributed by atoms with Crippen LogP contribution < -0.4 is 11.0 Å². The SMILES string of the molecule is CCCCC[P+](=O)c1ccc2c(c1)nc(Cc1ccc(C(=N)N)cc1)n2C. The molecule has 0 saturated heterocycles. The maximum atomic E-state index is 12.5. The fourth-order valence-corrected chi connectivity index (χ4v) is 4.45. The summed E-state index contributed by atoms with van der Waals surface area (Å²) in [5.41, 5.74) is 9.29. The molecule has 1 atom stereocenters. The molecule has 1 heterocycles. The van der Waals surface area contributed by atoms with Crippen molar-refractivity contribution in [1.82, 2.24) is 9.55 Å². The lowest BCUT2D eigenvalue weighted by Crippen LogP contribution is -2.10. The second kappa shape index (κ2) is 8.45. The zero-order valence-corrected chi connectivity index (χ0v) is 16.8. The van der Waals surface area contributed by atoms with Crippen molar-refractivity contribution in [2.75, 3.05) is 6.16 Å². The Morgan fingerprint density at radius 1 is 1.19 bits per heavy atom. The van der Waals surface area contributed by atoms with Crippen LogP contribution in [0.25, 0.3) is 11.0 Å². The Hall–Kier alpha value is -2.52. The van der Waals surface area contributed by atoms with E-state index in [4.69, 9.17) is 16.1 Å². The molecule has 140 valence electrons. The molecule has 5 nitrogen and oxygen atoms in total. The number of nitrogen functional groups attached to an aromatic ring is 1. The van der Waals surface area contributed by atoms with Crippen LogP contribution in [0.1, 0.15) is 43.1 Å². The van der Waals surface area contributed by atoms with E-state index >= 15 is 0 Å². The zero-order valence-electron chi connectivity index (χ0n) is 15.9. The first kappa shape index (κ1) is 19.2. The standard InChI is InChI=1S/C21H26N4OP/c1-3-4-5-12-27(26)17-10-11-19-18(14-17)24-20(25(19)2)13-15-6-8-16(9-7-15)21(22)23/h6-11,14H,3-5,12-13H2,1-2H3,(H3,22,23)/q+1. The van der Waals surface area contributed by atoms with Gasteiger partial charge in [0, 0.05) is 25.1 Å². The van der Waals surface area contributed by atoms with Crippen LogP contribution in [0.15, 0.2) is 42.5 Å². The van der Waals surface area contributed by atoms with Gasteiger partial charge in [0.2, 0.25) is 0 Å². The topological polar surface area (TPSA) is 84.8 Å². The second-order valence-electron chi connectivity index (χ2n) is 6.86. The van der Waals surface area contributed by atoms with Crippen LogP contribution in [0.2, 0.25) is 0 Å². The van der Waals surface area contributed by atoms with E-state index in [1.807, 2.05) is 49.5 Å². The van der Waals surface area contributed by atoms with Crippen molar-refractivity contribution in [3.8, 4) is 0 Å².